The lowest BCUT2D eigenvalue weighted by Crippen LogP contribution is -2.33. The summed E-state index contributed by atoms with van der Waals surface area (Å²) in [7, 11) is -2.17. The number of nitrogens with one attached hydrogen (secondary N) is 1. The molecule has 0 fully saturated rings. The summed E-state index contributed by atoms with van der Waals surface area (Å²) in [5.74, 6) is -0.449. The van der Waals surface area contributed by atoms with Gasteiger partial charge in [0.1, 0.15) is 0 Å². The lowest BCUT2D eigenvalue weighted by Gasteiger charge is -2.21. The van der Waals surface area contributed by atoms with Crippen LogP contribution in [0.15, 0.2) is 23.1 Å². The quantitative estimate of drug-likeness (QED) is 0.793. The van der Waals surface area contributed by atoms with Crippen molar-refractivity contribution in [3.05, 3.63) is 28.8 Å². The molecule has 1 rings (SSSR count). The summed E-state index contributed by atoms with van der Waals surface area (Å²) in [5.41, 5.74) is 5.43. The highest BCUT2D eigenvalue weighted by Crippen LogP contribution is 2.23. The van der Waals surface area contributed by atoms with Crippen LogP contribution in [0.1, 0.15) is 24.2 Å². The predicted octanol–water partition coefficient (Wildman–Crippen LogP) is 1.48. The molecule has 0 spiro atoms. The standard InChI is InChI=1S/C13H20ClN3O3S.ClH/c1-9(2)17(3)21(19,20)10-4-5-12(14)11(8-10)13(18)16-7-6-15;/h4-5,8-9H,6-7,15H2,1-3H3,(H,16,18);1H. The Morgan fingerprint density at radius 2 is 2.00 bits per heavy atom. The minimum atomic E-state index is -3.66. The van der Waals surface area contributed by atoms with Crippen LogP contribution in [0.5, 0.6) is 0 Å². The molecule has 0 aromatic heterocycles. The fourth-order valence-electron chi connectivity index (χ4n) is 1.56. The molecule has 0 atom stereocenters. The summed E-state index contributed by atoms with van der Waals surface area (Å²) in [5, 5.41) is 2.75. The maximum absolute atomic E-state index is 12.4. The first-order chi connectivity index (χ1) is 9.71. The summed E-state index contributed by atoms with van der Waals surface area (Å²) in [6.07, 6.45) is 0. The van der Waals surface area contributed by atoms with Crippen LogP contribution in [0.25, 0.3) is 0 Å². The molecule has 0 aliphatic carbocycles. The Bertz CT molecular complexity index is 621. The molecule has 0 aliphatic heterocycles. The summed E-state index contributed by atoms with van der Waals surface area (Å²) >= 11 is 5.96. The van der Waals surface area contributed by atoms with Crippen LogP contribution >= 0.6 is 24.0 Å². The molecule has 3 N–H and O–H groups in total. The maximum Gasteiger partial charge on any atom is 0.252 e. The summed E-state index contributed by atoms with van der Waals surface area (Å²) in [6, 6.07) is 3.87. The monoisotopic (exact) mass is 369 g/mol. The molecule has 126 valence electrons. The minimum Gasteiger partial charge on any atom is -0.351 e. The van der Waals surface area contributed by atoms with Gasteiger partial charge in [0.2, 0.25) is 10.0 Å². The van der Waals surface area contributed by atoms with Crippen molar-refractivity contribution in [1.29, 1.82) is 0 Å². The van der Waals surface area contributed by atoms with E-state index in [0.717, 1.165) is 0 Å². The smallest absolute Gasteiger partial charge is 0.252 e. The van der Waals surface area contributed by atoms with E-state index in [1.807, 2.05) is 0 Å². The van der Waals surface area contributed by atoms with Gasteiger partial charge in [0.25, 0.3) is 5.91 Å². The van der Waals surface area contributed by atoms with Gasteiger partial charge in [-0.1, -0.05) is 11.6 Å². The molecule has 0 saturated heterocycles. The largest absolute Gasteiger partial charge is 0.351 e. The zero-order valence-corrected chi connectivity index (χ0v) is 15.1. The first kappa shape index (κ1) is 21.1. The molecule has 6 nitrogen and oxygen atoms in total. The SMILES string of the molecule is CC(C)N(C)S(=O)(=O)c1ccc(Cl)c(C(=O)NCCN)c1.Cl. The number of carbonyl (C=O) groups is 1. The van der Waals surface area contributed by atoms with E-state index in [-0.39, 0.29) is 47.0 Å². The number of sulfonamides is 1. The lowest BCUT2D eigenvalue weighted by molar-refractivity contribution is 0.0954. The zero-order valence-electron chi connectivity index (χ0n) is 12.7. The molecule has 0 aliphatic rings. The molecular weight excluding hydrogens is 349 g/mol. The predicted molar refractivity (Wildman–Crippen MR) is 90.2 cm³/mol. The molecule has 0 heterocycles. The Morgan fingerprint density at radius 3 is 2.50 bits per heavy atom. The Hall–Kier alpha value is -0.860. The van der Waals surface area contributed by atoms with Crippen LogP contribution in [0.4, 0.5) is 0 Å². The van der Waals surface area contributed by atoms with Gasteiger partial charge in [-0.05, 0) is 32.0 Å². The van der Waals surface area contributed by atoms with E-state index in [1.165, 1.54) is 29.6 Å². The number of halogens is 2. The van der Waals surface area contributed by atoms with Crippen molar-refractivity contribution in [2.45, 2.75) is 24.8 Å². The number of rotatable bonds is 6. The van der Waals surface area contributed by atoms with E-state index in [2.05, 4.69) is 5.32 Å². The third-order valence-electron chi connectivity index (χ3n) is 3.02. The van der Waals surface area contributed by atoms with Gasteiger partial charge in [-0.15, -0.1) is 12.4 Å². The van der Waals surface area contributed by atoms with E-state index >= 15 is 0 Å². The molecule has 1 aromatic rings. The second kappa shape index (κ2) is 8.69. The molecule has 0 unspecified atom stereocenters. The van der Waals surface area contributed by atoms with Crippen LogP contribution in [0, 0.1) is 0 Å². The van der Waals surface area contributed by atoms with Gasteiger partial charge in [-0.3, -0.25) is 4.79 Å². The first-order valence-electron chi connectivity index (χ1n) is 6.47. The van der Waals surface area contributed by atoms with Crippen molar-refractivity contribution in [2.24, 2.45) is 5.73 Å². The number of carbonyl (C=O) groups excluding carboxylic acids is 1. The van der Waals surface area contributed by atoms with Gasteiger partial charge in [0.15, 0.2) is 0 Å². The van der Waals surface area contributed by atoms with Crippen molar-refractivity contribution in [1.82, 2.24) is 9.62 Å². The second-order valence-electron chi connectivity index (χ2n) is 4.80. The average molecular weight is 370 g/mol. The molecule has 1 aromatic carbocycles. The molecule has 9 heteroatoms. The third-order valence-corrected chi connectivity index (χ3v) is 5.38. The van der Waals surface area contributed by atoms with Gasteiger partial charge < -0.3 is 11.1 Å². The van der Waals surface area contributed by atoms with Crippen molar-refractivity contribution in [3.63, 3.8) is 0 Å². The topological polar surface area (TPSA) is 92.5 Å². The lowest BCUT2D eigenvalue weighted by atomic mass is 10.2. The highest BCUT2D eigenvalue weighted by molar-refractivity contribution is 7.89. The number of benzene rings is 1. The maximum atomic E-state index is 12.4. The Morgan fingerprint density at radius 1 is 1.41 bits per heavy atom. The second-order valence-corrected chi connectivity index (χ2v) is 7.21. The van der Waals surface area contributed by atoms with E-state index < -0.39 is 15.9 Å². The third kappa shape index (κ3) is 4.82. The van der Waals surface area contributed by atoms with Crippen LogP contribution in [0.3, 0.4) is 0 Å². The molecule has 22 heavy (non-hydrogen) atoms. The highest BCUT2D eigenvalue weighted by atomic mass is 35.5. The fraction of sp³-hybridized carbons (Fsp3) is 0.462. The van der Waals surface area contributed by atoms with Crippen molar-refractivity contribution < 1.29 is 13.2 Å². The molecule has 0 saturated carbocycles. The number of hydrogen-bond acceptors (Lipinski definition) is 4. The van der Waals surface area contributed by atoms with Crippen molar-refractivity contribution >= 4 is 39.9 Å². The Labute approximate surface area is 142 Å². The van der Waals surface area contributed by atoms with Crippen LogP contribution in [-0.2, 0) is 10.0 Å². The van der Waals surface area contributed by atoms with E-state index in [1.54, 1.807) is 13.8 Å². The highest BCUT2D eigenvalue weighted by Gasteiger charge is 2.24. The van der Waals surface area contributed by atoms with Crippen LogP contribution < -0.4 is 11.1 Å². The first-order valence-corrected chi connectivity index (χ1v) is 8.29. The van der Waals surface area contributed by atoms with Gasteiger partial charge in [0, 0.05) is 26.2 Å². The molecule has 0 bridgehead atoms. The van der Waals surface area contributed by atoms with E-state index in [0.29, 0.717) is 0 Å². The Balaban J connectivity index is 0.00000441. The van der Waals surface area contributed by atoms with Crippen molar-refractivity contribution in [2.75, 3.05) is 20.1 Å². The number of nitrogens with two attached hydrogens (primary N) is 1. The molecule has 1 amide bonds. The van der Waals surface area contributed by atoms with Crippen LogP contribution in [0.2, 0.25) is 5.02 Å². The van der Waals surface area contributed by atoms with Crippen molar-refractivity contribution in [3.8, 4) is 0 Å². The van der Waals surface area contributed by atoms with Gasteiger partial charge in [0.05, 0.1) is 15.5 Å². The summed E-state index contributed by atoms with van der Waals surface area (Å²) in [4.78, 5) is 12.0. The number of amides is 1. The van der Waals surface area contributed by atoms with Gasteiger partial charge in [-0.2, -0.15) is 4.31 Å². The minimum absolute atomic E-state index is 0. The van der Waals surface area contributed by atoms with Gasteiger partial charge >= 0.3 is 0 Å². The molecule has 0 radical (unpaired) electrons. The number of nitrogens with zero attached hydrogens (tertiary/aromatic N) is 1. The van der Waals surface area contributed by atoms with E-state index in [9.17, 15) is 13.2 Å². The summed E-state index contributed by atoms with van der Waals surface area (Å²) in [6.45, 7) is 4.11. The molecular formula is C13H21Cl2N3O3S. The average Bonchev–Trinajstić information content (AvgIpc) is 2.43. The zero-order chi connectivity index (χ0) is 16.2. The van der Waals surface area contributed by atoms with Crippen LogP contribution in [-0.4, -0.2) is 44.8 Å². The Kier molecular flexibility index (Phi) is 8.35. The van der Waals surface area contributed by atoms with E-state index in [4.69, 9.17) is 17.3 Å². The van der Waals surface area contributed by atoms with Gasteiger partial charge in [-0.25, -0.2) is 8.42 Å². The summed E-state index contributed by atoms with van der Waals surface area (Å²) < 4.78 is 26.0. The fourth-order valence-corrected chi connectivity index (χ4v) is 3.16. The number of hydrogen-bond donors (Lipinski definition) is 2. The normalized spacial score (nSPS) is 11.4.